The number of carboxylic acids is 1. The van der Waals surface area contributed by atoms with Crippen molar-refractivity contribution in [3.05, 3.63) is 0 Å². The van der Waals surface area contributed by atoms with Gasteiger partial charge >= 0.3 is 43.7 Å². The van der Waals surface area contributed by atoms with Gasteiger partial charge < -0.3 is 10.4 Å². The van der Waals surface area contributed by atoms with E-state index in [9.17, 15) is 4.79 Å². The first kappa shape index (κ1) is 17.1. The molecule has 0 bridgehead atoms. The molecule has 0 saturated carbocycles. The van der Waals surface area contributed by atoms with Gasteiger partial charge in [-0.05, 0) is 0 Å². The van der Waals surface area contributed by atoms with Gasteiger partial charge in [-0.2, -0.15) is 0 Å². The Morgan fingerprint density at radius 2 is 2.00 bits per heavy atom. The number of rotatable bonds is 2. The van der Waals surface area contributed by atoms with Crippen molar-refractivity contribution < 1.29 is 9.90 Å². The van der Waals surface area contributed by atoms with Crippen LogP contribution in [0.1, 0.15) is 0 Å². The third kappa shape index (κ3) is 16.0. The molecule has 10 heavy (non-hydrogen) atoms. The van der Waals surface area contributed by atoms with E-state index in [1.807, 2.05) is 0 Å². The van der Waals surface area contributed by atoms with Crippen molar-refractivity contribution in [1.29, 1.82) is 0 Å². The summed E-state index contributed by atoms with van der Waals surface area (Å²) in [6, 6.07) is 0. The Bertz CT molecular complexity index is 107. The molecule has 0 fully saturated rings. The molecule has 0 unspecified atom stereocenters. The van der Waals surface area contributed by atoms with Gasteiger partial charge in [0.1, 0.15) is 10.9 Å². The van der Waals surface area contributed by atoms with Crippen molar-refractivity contribution in [2.24, 2.45) is 0 Å². The minimum atomic E-state index is -0.943. The van der Waals surface area contributed by atoms with Crippen LogP contribution in [0.15, 0.2) is 0 Å². The monoisotopic (exact) mass is 167 g/mol. The Morgan fingerprint density at radius 3 is 2.10 bits per heavy atom. The Morgan fingerprint density at radius 1 is 1.60 bits per heavy atom. The van der Waals surface area contributed by atoms with Crippen molar-refractivity contribution in [3.8, 4) is 0 Å². The van der Waals surface area contributed by atoms with Gasteiger partial charge in [0.25, 0.3) is 0 Å². The Hall–Kier alpha value is 0.905. The van der Waals surface area contributed by atoms with Gasteiger partial charge in [-0.3, -0.25) is 4.79 Å². The van der Waals surface area contributed by atoms with E-state index in [-0.39, 0.29) is 48.6 Å². The minimum absolute atomic E-state index is 0. The summed E-state index contributed by atoms with van der Waals surface area (Å²) >= 11 is 8.03. The first-order valence-corrected chi connectivity index (χ1v) is 2.67. The van der Waals surface area contributed by atoms with Crippen LogP contribution in [-0.2, 0) is 4.79 Å². The van der Waals surface area contributed by atoms with Gasteiger partial charge in [0.15, 0.2) is 0 Å². The van der Waals surface area contributed by atoms with Crippen molar-refractivity contribution in [3.63, 3.8) is 0 Å². The molecule has 0 aromatic heterocycles. The molecule has 0 aromatic carbocycles. The summed E-state index contributed by atoms with van der Waals surface area (Å²) in [5, 5.41) is 10.3. The maximum absolute atomic E-state index is 9.75. The standard InChI is InChI=1S/C3H5NO2S2.2Li.2H/c5-2(6)1-4-3(7)8;;;;/h1H2,(H,5,6)(H2,4,7,8);;;;. The molecule has 0 saturated heterocycles. The topological polar surface area (TPSA) is 49.3 Å². The van der Waals surface area contributed by atoms with Crippen LogP contribution in [0, 0.1) is 0 Å². The van der Waals surface area contributed by atoms with E-state index in [2.05, 4.69) is 30.2 Å². The molecule has 50 valence electrons. The van der Waals surface area contributed by atoms with E-state index in [0.717, 1.165) is 0 Å². The van der Waals surface area contributed by atoms with Gasteiger partial charge in [0, 0.05) is 0 Å². The van der Waals surface area contributed by atoms with E-state index < -0.39 is 5.97 Å². The summed E-state index contributed by atoms with van der Waals surface area (Å²) in [6.45, 7) is -0.164. The Kier molecular flexibility index (Phi) is 17.0. The van der Waals surface area contributed by atoms with Crippen molar-refractivity contribution in [2.45, 2.75) is 0 Å². The number of aliphatic carboxylic acids is 1. The van der Waals surface area contributed by atoms with Crippen LogP contribution < -0.4 is 5.32 Å². The molecule has 0 spiro atoms. The molecule has 0 aliphatic heterocycles. The second-order valence-electron chi connectivity index (χ2n) is 1.05. The number of thiocarbonyl (C=S) groups is 1. The fraction of sp³-hybridized carbons (Fsp3) is 0.333. The predicted octanol–water partition coefficient (Wildman–Crippen LogP) is -1.42. The molecular formula is C3H7Li2NO2S2. The predicted molar refractivity (Wildman–Crippen MR) is 51.5 cm³/mol. The Balaban J connectivity index is -0.000000245. The molecule has 0 atom stereocenters. The van der Waals surface area contributed by atoms with Gasteiger partial charge in [0.05, 0.1) is 0 Å². The quantitative estimate of drug-likeness (QED) is 0.268. The summed E-state index contributed by atoms with van der Waals surface area (Å²) in [4.78, 5) is 9.75. The zero-order valence-corrected chi connectivity index (χ0v) is 5.63. The number of thiol groups is 1. The summed E-state index contributed by atoms with van der Waals surface area (Å²) in [5.74, 6) is -0.943. The summed E-state index contributed by atoms with van der Waals surface area (Å²) in [5.41, 5.74) is 0. The second-order valence-corrected chi connectivity index (χ2v) is 2.21. The van der Waals surface area contributed by atoms with E-state index in [1.54, 1.807) is 0 Å². The van der Waals surface area contributed by atoms with Crippen molar-refractivity contribution >= 4 is 72.9 Å². The summed E-state index contributed by atoms with van der Waals surface area (Å²) < 4.78 is 0.201. The molecule has 0 radical (unpaired) electrons. The molecule has 0 aliphatic carbocycles. The van der Waals surface area contributed by atoms with Gasteiger partial charge in [0.2, 0.25) is 0 Å². The third-order valence-corrected chi connectivity index (χ3v) is 0.693. The molecule has 2 N–H and O–H groups in total. The summed E-state index contributed by atoms with van der Waals surface area (Å²) in [7, 11) is 0. The number of carbonyl (C=O) groups is 1. The number of carboxylic acid groups (broad SMARTS) is 1. The van der Waals surface area contributed by atoms with Crippen LogP contribution in [0.25, 0.3) is 0 Å². The molecule has 0 amide bonds. The normalized spacial score (nSPS) is 6.50. The second kappa shape index (κ2) is 9.90. The Labute approximate surface area is 94.1 Å². The first-order chi connectivity index (χ1) is 3.63. The van der Waals surface area contributed by atoms with E-state index in [1.165, 1.54) is 0 Å². The SMILES string of the molecule is O=C(O)CNC(=S)S.[LiH].[LiH]. The fourth-order valence-electron chi connectivity index (χ4n) is 0.151. The molecule has 7 heteroatoms. The summed E-state index contributed by atoms with van der Waals surface area (Å²) in [6.07, 6.45) is 0. The third-order valence-electron chi connectivity index (χ3n) is 0.391. The van der Waals surface area contributed by atoms with E-state index in [0.29, 0.717) is 0 Å². The molecule has 0 aliphatic rings. The van der Waals surface area contributed by atoms with Crippen LogP contribution in [0.2, 0.25) is 0 Å². The average Bonchev–Trinajstić information content (AvgIpc) is 1.61. The van der Waals surface area contributed by atoms with Crippen LogP contribution in [-0.4, -0.2) is 59.7 Å². The number of hydrogen-bond donors (Lipinski definition) is 3. The zero-order valence-electron chi connectivity index (χ0n) is 3.92. The van der Waals surface area contributed by atoms with E-state index >= 15 is 0 Å². The fourth-order valence-corrected chi connectivity index (χ4v) is 0.302. The molecular weight excluding hydrogens is 160 g/mol. The van der Waals surface area contributed by atoms with Crippen molar-refractivity contribution in [2.75, 3.05) is 6.54 Å². The molecule has 0 heterocycles. The average molecular weight is 167 g/mol. The van der Waals surface area contributed by atoms with E-state index in [4.69, 9.17) is 5.11 Å². The van der Waals surface area contributed by atoms with Crippen molar-refractivity contribution in [1.82, 2.24) is 5.32 Å². The number of nitrogens with one attached hydrogen (secondary N) is 1. The first-order valence-electron chi connectivity index (χ1n) is 1.81. The number of hydrogen-bond acceptors (Lipinski definition) is 2. The van der Waals surface area contributed by atoms with Crippen LogP contribution in [0.4, 0.5) is 0 Å². The molecule has 3 nitrogen and oxygen atoms in total. The van der Waals surface area contributed by atoms with Crippen LogP contribution in [0.5, 0.6) is 0 Å². The van der Waals surface area contributed by atoms with Gasteiger partial charge in [-0.15, -0.1) is 12.6 Å². The molecule has 0 rings (SSSR count). The van der Waals surface area contributed by atoms with Gasteiger partial charge in [-0.25, -0.2) is 0 Å². The van der Waals surface area contributed by atoms with Gasteiger partial charge in [-0.1, -0.05) is 12.2 Å². The maximum atomic E-state index is 9.75. The van der Waals surface area contributed by atoms with Crippen LogP contribution in [0.3, 0.4) is 0 Å². The molecule has 0 aromatic rings. The van der Waals surface area contributed by atoms with Crippen LogP contribution >= 0.6 is 24.8 Å². The zero-order chi connectivity index (χ0) is 6.57.